The first-order chi connectivity index (χ1) is 7.42. The average Bonchev–Trinajstić information content (AvgIpc) is 2.87. The highest BCUT2D eigenvalue weighted by molar-refractivity contribution is 5.12. The third kappa shape index (κ3) is 2.65. The summed E-state index contributed by atoms with van der Waals surface area (Å²) in [4.78, 5) is 0. The lowest BCUT2D eigenvalue weighted by atomic mass is 9.88. The van der Waals surface area contributed by atoms with Crippen molar-refractivity contribution >= 4 is 0 Å². The third-order valence-corrected chi connectivity index (χ3v) is 3.57. The molecule has 0 bridgehead atoms. The summed E-state index contributed by atoms with van der Waals surface area (Å²) in [7, 11) is 0. The van der Waals surface area contributed by atoms with Gasteiger partial charge in [0.1, 0.15) is 0 Å². The van der Waals surface area contributed by atoms with Crippen LogP contribution in [0.3, 0.4) is 0 Å². The normalized spacial score (nSPS) is 29.8. The summed E-state index contributed by atoms with van der Waals surface area (Å²) in [6.07, 6.45) is 7.64. The van der Waals surface area contributed by atoms with Crippen LogP contribution >= 0.6 is 0 Å². The number of hydrogen-bond acceptors (Lipinski definition) is 3. The third-order valence-electron chi connectivity index (χ3n) is 3.57. The van der Waals surface area contributed by atoms with Crippen LogP contribution in [0.4, 0.5) is 0 Å². The molecular formula is C12H23N3. The molecule has 1 fully saturated rings. The Morgan fingerprint density at radius 3 is 3.00 bits per heavy atom. The van der Waals surface area contributed by atoms with Crippen molar-refractivity contribution in [3.05, 3.63) is 11.9 Å². The van der Waals surface area contributed by atoms with Crippen LogP contribution in [0.25, 0.3) is 0 Å². The zero-order valence-corrected chi connectivity index (χ0v) is 9.68. The first-order valence-electron chi connectivity index (χ1n) is 6.30. The predicted octanol–water partition coefficient (Wildman–Crippen LogP) is 1.39. The fraction of sp³-hybridized carbons (Fsp3) is 0.833. The van der Waals surface area contributed by atoms with Crippen molar-refractivity contribution in [3.8, 4) is 0 Å². The zero-order valence-electron chi connectivity index (χ0n) is 9.68. The minimum Gasteiger partial charge on any atom is -0.372 e. The summed E-state index contributed by atoms with van der Waals surface area (Å²) in [5, 5.41) is 10.2. The largest absolute Gasteiger partial charge is 0.372 e. The molecule has 0 saturated carbocycles. The Balaban J connectivity index is 1.82. The molecule has 0 aliphatic carbocycles. The number of unbranched alkanes of at least 4 members (excludes halogenated alkanes) is 2. The molecule has 2 atom stereocenters. The maximum absolute atomic E-state index is 3.52. The molecule has 3 heteroatoms. The molecule has 2 aliphatic heterocycles. The van der Waals surface area contributed by atoms with Gasteiger partial charge in [-0.3, -0.25) is 0 Å². The fourth-order valence-corrected chi connectivity index (χ4v) is 2.66. The monoisotopic (exact) mass is 209 g/mol. The lowest BCUT2D eigenvalue weighted by Gasteiger charge is -2.19. The molecule has 2 unspecified atom stereocenters. The Kier molecular flexibility index (Phi) is 3.89. The molecule has 0 aromatic rings. The minimum atomic E-state index is 0.719. The molecule has 3 N–H and O–H groups in total. The molecule has 2 rings (SSSR count). The molecule has 0 radical (unpaired) electrons. The van der Waals surface area contributed by atoms with E-state index in [-0.39, 0.29) is 0 Å². The molecule has 2 heterocycles. The SMILES string of the molecule is CCCCCC1CNCC1C1=CNCN1. The van der Waals surface area contributed by atoms with Crippen molar-refractivity contribution in [2.45, 2.75) is 32.6 Å². The maximum atomic E-state index is 3.52. The molecule has 2 aliphatic rings. The predicted molar refractivity (Wildman–Crippen MR) is 63.2 cm³/mol. The van der Waals surface area contributed by atoms with Gasteiger partial charge in [0.15, 0.2) is 0 Å². The first-order valence-corrected chi connectivity index (χ1v) is 6.30. The van der Waals surface area contributed by atoms with Crippen LogP contribution in [0, 0.1) is 11.8 Å². The number of hydrogen-bond donors (Lipinski definition) is 3. The lowest BCUT2D eigenvalue weighted by molar-refractivity contribution is 0.409. The number of rotatable bonds is 5. The highest BCUT2D eigenvalue weighted by atomic mass is 15.1. The Bertz CT molecular complexity index is 225. The fourth-order valence-electron chi connectivity index (χ4n) is 2.66. The minimum absolute atomic E-state index is 0.719. The van der Waals surface area contributed by atoms with E-state index >= 15 is 0 Å². The van der Waals surface area contributed by atoms with Crippen molar-refractivity contribution in [3.63, 3.8) is 0 Å². The van der Waals surface area contributed by atoms with Gasteiger partial charge < -0.3 is 16.0 Å². The molecule has 0 aromatic heterocycles. The van der Waals surface area contributed by atoms with Crippen LogP contribution in [0.15, 0.2) is 11.9 Å². The van der Waals surface area contributed by atoms with Crippen LogP contribution in [-0.2, 0) is 0 Å². The van der Waals surface area contributed by atoms with Gasteiger partial charge in [-0.25, -0.2) is 0 Å². The van der Waals surface area contributed by atoms with Crippen LogP contribution in [0.5, 0.6) is 0 Å². The van der Waals surface area contributed by atoms with E-state index in [0.717, 1.165) is 25.0 Å². The quantitative estimate of drug-likeness (QED) is 0.599. The van der Waals surface area contributed by atoms with Gasteiger partial charge in [0.05, 0.1) is 6.67 Å². The molecule has 15 heavy (non-hydrogen) atoms. The Labute approximate surface area is 92.7 Å². The van der Waals surface area contributed by atoms with Crippen LogP contribution in [0.1, 0.15) is 32.6 Å². The van der Waals surface area contributed by atoms with Gasteiger partial charge >= 0.3 is 0 Å². The first kappa shape index (κ1) is 10.8. The summed E-state index contributed by atoms with van der Waals surface area (Å²) in [5.74, 6) is 1.56. The Morgan fingerprint density at radius 1 is 1.33 bits per heavy atom. The van der Waals surface area contributed by atoms with E-state index in [1.54, 1.807) is 0 Å². The Hall–Kier alpha value is -0.700. The summed E-state index contributed by atoms with van der Waals surface area (Å²) in [5.41, 5.74) is 1.42. The van der Waals surface area contributed by atoms with E-state index in [2.05, 4.69) is 29.1 Å². The summed E-state index contributed by atoms with van der Waals surface area (Å²) in [6, 6.07) is 0. The zero-order chi connectivity index (χ0) is 10.5. The van der Waals surface area contributed by atoms with Crippen molar-refractivity contribution in [2.24, 2.45) is 11.8 Å². The van der Waals surface area contributed by atoms with Crippen LogP contribution in [-0.4, -0.2) is 19.8 Å². The maximum Gasteiger partial charge on any atom is 0.0843 e. The second kappa shape index (κ2) is 5.40. The van der Waals surface area contributed by atoms with Gasteiger partial charge in [-0.05, 0) is 18.9 Å². The van der Waals surface area contributed by atoms with Crippen molar-refractivity contribution in [1.29, 1.82) is 0 Å². The van der Waals surface area contributed by atoms with Crippen molar-refractivity contribution in [2.75, 3.05) is 19.8 Å². The van der Waals surface area contributed by atoms with Crippen molar-refractivity contribution in [1.82, 2.24) is 16.0 Å². The molecule has 1 saturated heterocycles. The highest BCUT2D eigenvalue weighted by Gasteiger charge is 2.30. The summed E-state index contributed by atoms with van der Waals surface area (Å²) >= 11 is 0. The summed E-state index contributed by atoms with van der Waals surface area (Å²) in [6.45, 7) is 5.54. The Morgan fingerprint density at radius 2 is 2.27 bits per heavy atom. The van der Waals surface area contributed by atoms with Gasteiger partial charge in [0.2, 0.25) is 0 Å². The van der Waals surface area contributed by atoms with E-state index < -0.39 is 0 Å². The van der Waals surface area contributed by atoms with Gasteiger partial charge in [0, 0.05) is 24.4 Å². The van der Waals surface area contributed by atoms with Crippen LogP contribution in [0.2, 0.25) is 0 Å². The molecule has 0 spiro atoms. The summed E-state index contributed by atoms with van der Waals surface area (Å²) < 4.78 is 0. The molecule has 0 aromatic carbocycles. The van der Waals surface area contributed by atoms with E-state index in [4.69, 9.17) is 0 Å². The van der Waals surface area contributed by atoms with Gasteiger partial charge in [-0.2, -0.15) is 0 Å². The van der Waals surface area contributed by atoms with E-state index in [9.17, 15) is 0 Å². The molecular weight excluding hydrogens is 186 g/mol. The van der Waals surface area contributed by atoms with Gasteiger partial charge in [0.25, 0.3) is 0 Å². The van der Waals surface area contributed by atoms with Gasteiger partial charge in [-0.15, -0.1) is 0 Å². The standard InChI is InChI=1S/C12H23N3/c1-2-3-4-5-10-6-13-7-11(10)12-8-14-9-15-12/h8,10-11,13-15H,2-7,9H2,1H3. The average molecular weight is 209 g/mol. The second-order valence-electron chi connectivity index (χ2n) is 4.68. The van der Waals surface area contributed by atoms with E-state index in [0.29, 0.717) is 0 Å². The second-order valence-corrected chi connectivity index (χ2v) is 4.68. The molecule has 0 amide bonds. The molecule has 86 valence electrons. The van der Waals surface area contributed by atoms with Crippen LogP contribution < -0.4 is 16.0 Å². The van der Waals surface area contributed by atoms with E-state index in [1.807, 2.05) is 0 Å². The smallest absolute Gasteiger partial charge is 0.0843 e. The topological polar surface area (TPSA) is 36.1 Å². The van der Waals surface area contributed by atoms with E-state index in [1.165, 1.54) is 37.9 Å². The number of nitrogens with one attached hydrogen (secondary N) is 3. The lowest BCUT2D eigenvalue weighted by Crippen LogP contribution is -2.23. The van der Waals surface area contributed by atoms with Crippen molar-refractivity contribution < 1.29 is 0 Å². The van der Waals surface area contributed by atoms with Gasteiger partial charge in [-0.1, -0.05) is 26.2 Å². The highest BCUT2D eigenvalue weighted by Crippen LogP contribution is 2.28. The molecule has 3 nitrogen and oxygen atoms in total.